The average molecular weight is 155 g/mol. The summed E-state index contributed by atoms with van der Waals surface area (Å²) in [6.45, 7) is 1.71. The number of rotatable bonds is 2. The molecule has 1 rings (SSSR count). The summed E-state index contributed by atoms with van der Waals surface area (Å²) >= 11 is 0. The van der Waals surface area contributed by atoms with Crippen LogP contribution in [0.15, 0.2) is 0 Å². The lowest BCUT2D eigenvalue weighted by Gasteiger charge is -2.29. The van der Waals surface area contributed by atoms with Gasteiger partial charge in [0.2, 0.25) is 0 Å². The van der Waals surface area contributed by atoms with Crippen molar-refractivity contribution in [1.29, 1.82) is 0 Å². The fraction of sp³-hybridized carbons (Fsp3) is 0.889. The molecule has 2 nitrogen and oxygen atoms in total. The van der Waals surface area contributed by atoms with Crippen LogP contribution in [0.25, 0.3) is 0 Å². The van der Waals surface area contributed by atoms with Crippen LogP contribution in [0.2, 0.25) is 0 Å². The van der Waals surface area contributed by atoms with Gasteiger partial charge in [-0.05, 0) is 26.8 Å². The van der Waals surface area contributed by atoms with Crippen molar-refractivity contribution in [1.82, 2.24) is 5.32 Å². The first kappa shape index (κ1) is 8.72. The van der Waals surface area contributed by atoms with E-state index in [1.54, 1.807) is 6.92 Å². The SMILES string of the molecule is CN[C@@H]1CCCC[C@H]1C(C)=O. The molecule has 1 aliphatic carbocycles. The molecule has 2 atom stereocenters. The summed E-state index contributed by atoms with van der Waals surface area (Å²) in [5.74, 6) is 0.637. The van der Waals surface area contributed by atoms with Crippen LogP contribution < -0.4 is 5.32 Å². The van der Waals surface area contributed by atoms with E-state index in [0.717, 1.165) is 6.42 Å². The Morgan fingerprint density at radius 3 is 2.45 bits per heavy atom. The van der Waals surface area contributed by atoms with Gasteiger partial charge in [-0.1, -0.05) is 12.8 Å². The van der Waals surface area contributed by atoms with Gasteiger partial charge in [0.25, 0.3) is 0 Å². The molecule has 0 aromatic carbocycles. The molecule has 1 saturated carbocycles. The predicted octanol–water partition coefficient (Wildman–Crippen LogP) is 1.35. The number of carbonyl (C=O) groups is 1. The quantitative estimate of drug-likeness (QED) is 0.652. The number of carbonyl (C=O) groups excluding carboxylic acids is 1. The Balaban J connectivity index is 2.51. The first-order valence-corrected chi connectivity index (χ1v) is 4.43. The zero-order valence-corrected chi connectivity index (χ0v) is 7.39. The van der Waals surface area contributed by atoms with Gasteiger partial charge in [0.05, 0.1) is 0 Å². The third kappa shape index (κ3) is 2.03. The predicted molar refractivity (Wildman–Crippen MR) is 45.5 cm³/mol. The molecule has 1 fully saturated rings. The van der Waals surface area contributed by atoms with Gasteiger partial charge in [-0.25, -0.2) is 0 Å². The molecule has 0 bridgehead atoms. The number of hydrogen-bond donors (Lipinski definition) is 1. The number of ketones is 1. The van der Waals surface area contributed by atoms with Gasteiger partial charge in [-0.2, -0.15) is 0 Å². The molecule has 0 spiro atoms. The van der Waals surface area contributed by atoms with Crippen molar-refractivity contribution in [2.75, 3.05) is 7.05 Å². The van der Waals surface area contributed by atoms with Gasteiger partial charge in [-0.3, -0.25) is 4.79 Å². The Labute approximate surface area is 68.4 Å². The van der Waals surface area contributed by atoms with Crippen molar-refractivity contribution in [3.05, 3.63) is 0 Å². The molecule has 0 heterocycles. The maximum atomic E-state index is 11.1. The van der Waals surface area contributed by atoms with Crippen LogP contribution >= 0.6 is 0 Å². The lowest BCUT2D eigenvalue weighted by molar-refractivity contribution is -0.122. The van der Waals surface area contributed by atoms with Crippen LogP contribution in [0, 0.1) is 5.92 Å². The summed E-state index contributed by atoms with van der Waals surface area (Å²) in [6, 6.07) is 0.446. The third-order valence-corrected chi connectivity index (χ3v) is 2.66. The first-order valence-electron chi connectivity index (χ1n) is 4.43. The molecule has 0 saturated heterocycles. The maximum absolute atomic E-state index is 11.1. The molecule has 0 aromatic rings. The van der Waals surface area contributed by atoms with Crippen molar-refractivity contribution < 1.29 is 4.79 Å². The Kier molecular flexibility index (Phi) is 3.06. The fourth-order valence-corrected chi connectivity index (χ4v) is 1.96. The molecule has 0 amide bonds. The van der Waals surface area contributed by atoms with E-state index in [2.05, 4.69) is 5.32 Å². The highest BCUT2D eigenvalue weighted by Gasteiger charge is 2.26. The summed E-state index contributed by atoms with van der Waals surface area (Å²) in [5.41, 5.74) is 0. The van der Waals surface area contributed by atoms with Gasteiger partial charge in [0.15, 0.2) is 0 Å². The van der Waals surface area contributed by atoms with Crippen LogP contribution in [0.4, 0.5) is 0 Å². The second-order valence-electron chi connectivity index (χ2n) is 3.40. The molecule has 0 aromatic heterocycles. The van der Waals surface area contributed by atoms with E-state index in [-0.39, 0.29) is 5.92 Å². The van der Waals surface area contributed by atoms with Crippen molar-refractivity contribution >= 4 is 5.78 Å². The van der Waals surface area contributed by atoms with E-state index >= 15 is 0 Å². The zero-order chi connectivity index (χ0) is 8.27. The second-order valence-corrected chi connectivity index (χ2v) is 3.40. The summed E-state index contributed by atoms with van der Waals surface area (Å²) < 4.78 is 0. The smallest absolute Gasteiger partial charge is 0.134 e. The minimum absolute atomic E-state index is 0.286. The molecule has 1 N–H and O–H groups in total. The standard InChI is InChI=1S/C9H17NO/c1-7(11)8-5-3-4-6-9(8)10-2/h8-10H,3-6H2,1-2H3/t8-,9+/m0/s1. The molecular weight excluding hydrogens is 138 g/mol. The average Bonchev–Trinajstić information content (AvgIpc) is 2.04. The highest BCUT2D eigenvalue weighted by atomic mass is 16.1. The Morgan fingerprint density at radius 1 is 1.36 bits per heavy atom. The number of Topliss-reactive ketones (excluding diaryl/α,β-unsaturated/α-hetero) is 1. The Hall–Kier alpha value is -0.370. The second kappa shape index (κ2) is 3.86. The minimum atomic E-state index is 0.286. The zero-order valence-electron chi connectivity index (χ0n) is 7.39. The van der Waals surface area contributed by atoms with Crippen LogP contribution in [-0.4, -0.2) is 18.9 Å². The van der Waals surface area contributed by atoms with Crippen molar-refractivity contribution in [3.8, 4) is 0 Å². The Bertz CT molecular complexity index is 144. The van der Waals surface area contributed by atoms with Gasteiger partial charge < -0.3 is 5.32 Å². The van der Waals surface area contributed by atoms with Crippen LogP contribution in [0.3, 0.4) is 0 Å². The van der Waals surface area contributed by atoms with E-state index in [9.17, 15) is 4.79 Å². The van der Waals surface area contributed by atoms with E-state index in [1.807, 2.05) is 7.05 Å². The molecule has 2 heteroatoms. The third-order valence-electron chi connectivity index (χ3n) is 2.66. The molecular formula is C9H17NO. The van der Waals surface area contributed by atoms with Gasteiger partial charge in [0, 0.05) is 12.0 Å². The maximum Gasteiger partial charge on any atom is 0.134 e. The van der Waals surface area contributed by atoms with Gasteiger partial charge >= 0.3 is 0 Å². The van der Waals surface area contributed by atoms with Crippen molar-refractivity contribution in [2.24, 2.45) is 5.92 Å². The van der Waals surface area contributed by atoms with E-state index in [4.69, 9.17) is 0 Å². The normalized spacial score (nSPS) is 31.8. The summed E-state index contributed by atoms with van der Waals surface area (Å²) in [4.78, 5) is 11.1. The number of nitrogens with one attached hydrogen (secondary N) is 1. The van der Waals surface area contributed by atoms with Gasteiger partial charge in [0.1, 0.15) is 5.78 Å². The van der Waals surface area contributed by atoms with Gasteiger partial charge in [-0.15, -0.1) is 0 Å². The van der Waals surface area contributed by atoms with Crippen molar-refractivity contribution in [2.45, 2.75) is 38.6 Å². The first-order chi connectivity index (χ1) is 5.25. The topological polar surface area (TPSA) is 29.1 Å². The highest BCUT2D eigenvalue weighted by Crippen LogP contribution is 2.24. The molecule has 11 heavy (non-hydrogen) atoms. The largest absolute Gasteiger partial charge is 0.316 e. The summed E-state index contributed by atoms with van der Waals surface area (Å²) in [7, 11) is 1.95. The molecule has 0 aliphatic heterocycles. The van der Waals surface area contributed by atoms with E-state index in [1.165, 1.54) is 19.3 Å². The highest BCUT2D eigenvalue weighted by molar-refractivity contribution is 5.79. The number of hydrogen-bond acceptors (Lipinski definition) is 2. The van der Waals surface area contributed by atoms with Crippen molar-refractivity contribution in [3.63, 3.8) is 0 Å². The molecule has 1 aliphatic rings. The molecule has 0 unspecified atom stereocenters. The summed E-state index contributed by atoms with van der Waals surface area (Å²) in [5, 5.41) is 3.21. The van der Waals surface area contributed by atoms with Crippen LogP contribution in [0.5, 0.6) is 0 Å². The summed E-state index contributed by atoms with van der Waals surface area (Å²) in [6.07, 6.45) is 4.75. The van der Waals surface area contributed by atoms with Crippen LogP contribution in [-0.2, 0) is 4.79 Å². The monoisotopic (exact) mass is 155 g/mol. The fourth-order valence-electron chi connectivity index (χ4n) is 1.96. The Morgan fingerprint density at radius 2 is 2.00 bits per heavy atom. The minimum Gasteiger partial charge on any atom is -0.316 e. The molecule has 64 valence electrons. The lowest BCUT2D eigenvalue weighted by Crippen LogP contribution is -2.39. The molecule has 0 radical (unpaired) electrons. The van der Waals surface area contributed by atoms with E-state index in [0.29, 0.717) is 11.8 Å². The lowest BCUT2D eigenvalue weighted by atomic mass is 9.82. The van der Waals surface area contributed by atoms with Crippen LogP contribution in [0.1, 0.15) is 32.6 Å². The van der Waals surface area contributed by atoms with E-state index < -0.39 is 0 Å².